The van der Waals surface area contributed by atoms with E-state index in [-0.39, 0.29) is 24.6 Å². The number of halogens is 2. The lowest BCUT2D eigenvalue weighted by Gasteiger charge is -2.35. The summed E-state index contributed by atoms with van der Waals surface area (Å²) in [5.41, 5.74) is 4.02. The lowest BCUT2D eigenvalue weighted by atomic mass is 9.85. The molecule has 0 radical (unpaired) electrons. The second-order valence-electron chi connectivity index (χ2n) is 11.4. The average Bonchev–Trinajstić information content (AvgIpc) is 3.51. The van der Waals surface area contributed by atoms with Crippen LogP contribution in [0.4, 0.5) is 4.39 Å². The van der Waals surface area contributed by atoms with Gasteiger partial charge in [-0.25, -0.2) is 9.37 Å². The molecule has 4 atom stereocenters. The van der Waals surface area contributed by atoms with Crippen LogP contribution in [0.5, 0.6) is 0 Å². The average molecular weight is 646 g/mol. The molecule has 1 unspecified atom stereocenters. The number of carbonyl (C=O) groups is 3. The highest BCUT2D eigenvalue weighted by molar-refractivity contribution is 9.10. The van der Waals surface area contributed by atoms with Crippen LogP contribution in [0.15, 0.2) is 52.4 Å². The van der Waals surface area contributed by atoms with Crippen molar-refractivity contribution in [1.29, 1.82) is 0 Å². The van der Waals surface area contributed by atoms with Crippen LogP contribution in [0.2, 0.25) is 0 Å². The smallest absolute Gasteiger partial charge is 0.252 e. The zero-order valence-electron chi connectivity index (χ0n) is 23.6. The van der Waals surface area contributed by atoms with Gasteiger partial charge in [-0.05, 0) is 48.6 Å². The van der Waals surface area contributed by atoms with E-state index in [0.29, 0.717) is 4.47 Å². The number of β-amino-alcohol motifs (C(OH)–C–C–N with tert-alkyl or cyclic N) is 1. The number of rotatable bonds is 7. The third kappa shape index (κ3) is 7.20. The number of benzene rings is 2. The van der Waals surface area contributed by atoms with Crippen molar-refractivity contribution in [3.63, 3.8) is 0 Å². The Hall–Kier alpha value is -3.15. The zero-order valence-corrected chi connectivity index (χ0v) is 26.0. The number of hydrogen-bond acceptors (Lipinski definition) is 6. The number of aromatic nitrogens is 1. The number of nitrogens with zero attached hydrogens (tertiary/aromatic N) is 2. The fourth-order valence-electron chi connectivity index (χ4n) is 4.91. The van der Waals surface area contributed by atoms with E-state index in [0.717, 1.165) is 27.8 Å². The standard InChI is InChI=1S/C30H34BrFN4O4S/c1-16(18-6-8-19(9-7-18)25-17(2)33-15-41-25)34-28(39)24-13-23(37)14-36(24)29(40)26(30(3,4)5)35-27(38)20-10-21(31)12-22(32)11-20/h6-12,15-16,23-24,26,37H,13-14H2,1-5H3,(H,34,39)(H,35,38)/t16-,23+,24-,26?/m0/s1. The molecule has 0 aliphatic carbocycles. The molecule has 1 aliphatic heterocycles. The van der Waals surface area contributed by atoms with Crippen molar-refractivity contribution in [3.8, 4) is 10.4 Å². The monoisotopic (exact) mass is 644 g/mol. The molecule has 3 amide bonds. The van der Waals surface area contributed by atoms with Crippen molar-refractivity contribution in [2.24, 2.45) is 5.41 Å². The van der Waals surface area contributed by atoms with E-state index >= 15 is 0 Å². The van der Waals surface area contributed by atoms with Gasteiger partial charge >= 0.3 is 0 Å². The quantitative estimate of drug-likeness (QED) is 0.335. The van der Waals surface area contributed by atoms with Gasteiger partial charge in [-0.2, -0.15) is 0 Å². The molecular formula is C30H34BrFN4O4S. The number of aliphatic hydroxyl groups excluding tert-OH is 1. The van der Waals surface area contributed by atoms with Gasteiger partial charge in [-0.3, -0.25) is 14.4 Å². The Balaban J connectivity index is 1.48. The molecule has 4 rings (SSSR count). The summed E-state index contributed by atoms with van der Waals surface area (Å²) >= 11 is 4.75. The fraction of sp³-hybridized carbons (Fsp3) is 0.400. The molecular weight excluding hydrogens is 611 g/mol. The van der Waals surface area contributed by atoms with E-state index in [1.807, 2.05) is 38.1 Å². The van der Waals surface area contributed by atoms with E-state index in [1.54, 1.807) is 37.6 Å². The molecule has 3 aromatic rings. The van der Waals surface area contributed by atoms with Crippen LogP contribution in [0.1, 0.15) is 61.8 Å². The van der Waals surface area contributed by atoms with Gasteiger partial charge in [-0.15, -0.1) is 11.3 Å². The predicted octanol–water partition coefficient (Wildman–Crippen LogP) is 5.00. The van der Waals surface area contributed by atoms with Gasteiger partial charge < -0.3 is 20.6 Å². The normalized spacial score (nSPS) is 18.6. The molecule has 2 aromatic carbocycles. The number of nitrogens with one attached hydrogen (secondary N) is 2. The van der Waals surface area contributed by atoms with Crippen LogP contribution in [0.25, 0.3) is 10.4 Å². The summed E-state index contributed by atoms with van der Waals surface area (Å²) in [5, 5.41) is 16.2. The molecule has 0 bridgehead atoms. The molecule has 2 heterocycles. The minimum Gasteiger partial charge on any atom is -0.391 e. The SMILES string of the molecule is Cc1ncsc1-c1ccc([C@H](C)NC(=O)[C@@H]2C[C@@H](O)CN2C(=O)C(NC(=O)c2cc(F)cc(Br)c2)C(C)(C)C)cc1. The number of aryl methyl sites for hydroxylation is 1. The first kappa shape index (κ1) is 30.8. The van der Waals surface area contributed by atoms with Gasteiger partial charge in [0, 0.05) is 23.0 Å². The highest BCUT2D eigenvalue weighted by atomic mass is 79.9. The lowest BCUT2D eigenvalue weighted by Crippen LogP contribution is -2.57. The molecule has 1 aliphatic rings. The van der Waals surface area contributed by atoms with E-state index < -0.39 is 47.1 Å². The predicted molar refractivity (Wildman–Crippen MR) is 160 cm³/mol. The highest BCUT2D eigenvalue weighted by Crippen LogP contribution is 2.30. The van der Waals surface area contributed by atoms with E-state index in [1.165, 1.54) is 17.0 Å². The molecule has 3 N–H and O–H groups in total. The molecule has 11 heteroatoms. The van der Waals surface area contributed by atoms with Crippen LogP contribution in [-0.4, -0.2) is 57.4 Å². The Morgan fingerprint density at radius 1 is 1.15 bits per heavy atom. The highest BCUT2D eigenvalue weighted by Gasteiger charge is 2.44. The summed E-state index contributed by atoms with van der Waals surface area (Å²) in [6.45, 7) is 9.15. The number of hydrogen-bond donors (Lipinski definition) is 3. The molecule has 218 valence electrons. The molecule has 1 saturated heterocycles. The van der Waals surface area contributed by atoms with Gasteiger partial charge in [0.05, 0.1) is 28.2 Å². The first-order valence-electron chi connectivity index (χ1n) is 13.3. The summed E-state index contributed by atoms with van der Waals surface area (Å²) in [6, 6.07) is 9.36. The fourth-order valence-corrected chi connectivity index (χ4v) is 6.19. The van der Waals surface area contributed by atoms with Crippen molar-refractivity contribution >= 4 is 45.0 Å². The Bertz CT molecular complexity index is 1420. The number of thiazole rings is 1. The summed E-state index contributed by atoms with van der Waals surface area (Å²) in [6.07, 6.45) is -0.808. The summed E-state index contributed by atoms with van der Waals surface area (Å²) in [7, 11) is 0. The lowest BCUT2D eigenvalue weighted by molar-refractivity contribution is -0.142. The zero-order chi connectivity index (χ0) is 30.1. The van der Waals surface area contributed by atoms with Gasteiger partial charge in [0.25, 0.3) is 5.91 Å². The maximum Gasteiger partial charge on any atom is 0.252 e. The topological polar surface area (TPSA) is 112 Å². The first-order valence-corrected chi connectivity index (χ1v) is 15.0. The van der Waals surface area contributed by atoms with Gasteiger partial charge in [0.1, 0.15) is 17.9 Å². The summed E-state index contributed by atoms with van der Waals surface area (Å²) in [4.78, 5) is 47.0. The minimum absolute atomic E-state index is 0.0395. The summed E-state index contributed by atoms with van der Waals surface area (Å²) < 4.78 is 14.3. The third-order valence-electron chi connectivity index (χ3n) is 7.16. The second kappa shape index (κ2) is 12.4. The van der Waals surface area contributed by atoms with Crippen molar-refractivity contribution in [2.45, 2.75) is 65.3 Å². The summed E-state index contributed by atoms with van der Waals surface area (Å²) in [5.74, 6) is -2.09. The van der Waals surface area contributed by atoms with Crippen molar-refractivity contribution in [3.05, 3.63) is 75.1 Å². The van der Waals surface area contributed by atoms with E-state index in [4.69, 9.17) is 0 Å². The van der Waals surface area contributed by atoms with E-state index in [2.05, 4.69) is 31.5 Å². The maximum absolute atomic E-state index is 13.9. The molecule has 0 spiro atoms. The van der Waals surface area contributed by atoms with Crippen LogP contribution in [-0.2, 0) is 9.59 Å². The first-order chi connectivity index (χ1) is 19.2. The van der Waals surface area contributed by atoms with Gasteiger partial charge in [0.2, 0.25) is 11.8 Å². The van der Waals surface area contributed by atoms with Crippen LogP contribution < -0.4 is 10.6 Å². The van der Waals surface area contributed by atoms with Crippen LogP contribution >= 0.6 is 27.3 Å². The minimum atomic E-state index is -1.03. The molecule has 1 aromatic heterocycles. The molecule has 41 heavy (non-hydrogen) atoms. The number of aliphatic hydroxyl groups is 1. The Morgan fingerprint density at radius 2 is 1.83 bits per heavy atom. The maximum atomic E-state index is 13.9. The largest absolute Gasteiger partial charge is 0.391 e. The van der Waals surface area contributed by atoms with Crippen molar-refractivity contribution in [2.75, 3.05) is 6.54 Å². The molecule has 8 nitrogen and oxygen atoms in total. The van der Waals surface area contributed by atoms with Gasteiger partial charge in [0.15, 0.2) is 0 Å². The second-order valence-corrected chi connectivity index (χ2v) is 13.2. The third-order valence-corrected chi connectivity index (χ3v) is 8.59. The van der Waals surface area contributed by atoms with Crippen LogP contribution in [0, 0.1) is 18.2 Å². The number of carbonyl (C=O) groups excluding carboxylic acids is 3. The number of likely N-dealkylation sites (tertiary alicyclic amines) is 1. The van der Waals surface area contributed by atoms with Crippen molar-refractivity contribution < 1.29 is 23.9 Å². The number of amides is 3. The van der Waals surface area contributed by atoms with Gasteiger partial charge in [-0.1, -0.05) is 61.0 Å². The van der Waals surface area contributed by atoms with Crippen molar-refractivity contribution in [1.82, 2.24) is 20.5 Å². The Labute approximate surface area is 251 Å². The van der Waals surface area contributed by atoms with E-state index in [9.17, 15) is 23.9 Å². The molecule has 0 saturated carbocycles. The Morgan fingerprint density at radius 3 is 2.41 bits per heavy atom. The van der Waals surface area contributed by atoms with Crippen LogP contribution in [0.3, 0.4) is 0 Å². The molecule has 1 fully saturated rings. The Kier molecular flexibility index (Phi) is 9.30.